The van der Waals surface area contributed by atoms with E-state index in [1.165, 1.54) is 7.11 Å². The number of carbonyl (C=O) groups excluding carboxylic acids is 2. The van der Waals surface area contributed by atoms with Crippen molar-refractivity contribution in [1.82, 2.24) is 4.90 Å². The minimum Gasteiger partial charge on any atom is -0.497 e. The first-order valence-corrected chi connectivity index (χ1v) is 7.72. The van der Waals surface area contributed by atoms with Gasteiger partial charge in [0.25, 0.3) is 0 Å². The molecule has 0 aliphatic carbocycles. The largest absolute Gasteiger partial charge is 0.497 e. The first-order chi connectivity index (χ1) is 11.1. The molecule has 0 aromatic heterocycles. The van der Waals surface area contributed by atoms with Gasteiger partial charge in [0.2, 0.25) is 5.91 Å². The Morgan fingerprint density at radius 3 is 2.26 bits per heavy atom. The number of ether oxygens (including phenoxy) is 3. The molecule has 0 radical (unpaired) electrons. The molecule has 0 saturated carbocycles. The highest BCUT2D eigenvalue weighted by Gasteiger charge is 2.13. The Kier molecular flexibility index (Phi) is 8.57. The second kappa shape index (κ2) is 10.5. The topological polar surface area (TPSA) is 65.1 Å². The zero-order valence-corrected chi connectivity index (χ0v) is 14.0. The van der Waals surface area contributed by atoms with Crippen LogP contribution in [0.25, 0.3) is 0 Å². The normalized spacial score (nSPS) is 10.0. The summed E-state index contributed by atoms with van der Waals surface area (Å²) in [7, 11) is 2.96. The summed E-state index contributed by atoms with van der Waals surface area (Å²) in [5, 5.41) is 0. The Morgan fingerprint density at radius 1 is 1.04 bits per heavy atom. The third kappa shape index (κ3) is 7.04. The zero-order valence-electron chi connectivity index (χ0n) is 14.0. The molecule has 0 atom stereocenters. The molecule has 0 N–H and O–H groups in total. The van der Waals surface area contributed by atoms with Gasteiger partial charge in [0.15, 0.2) is 0 Å². The van der Waals surface area contributed by atoms with E-state index in [0.29, 0.717) is 32.5 Å². The van der Waals surface area contributed by atoms with Gasteiger partial charge in [-0.2, -0.15) is 0 Å². The number of carbonyl (C=O) groups is 2. The van der Waals surface area contributed by atoms with Gasteiger partial charge in [0.1, 0.15) is 11.5 Å². The van der Waals surface area contributed by atoms with Crippen molar-refractivity contribution >= 4 is 11.9 Å². The van der Waals surface area contributed by atoms with Crippen molar-refractivity contribution < 1.29 is 23.8 Å². The van der Waals surface area contributed by atoms with E-state index < -0.39 is 0 Å². The van der Waals surface area contributed by atoms with Crippen LogP contribution in [-0.2, 0) is 14.3 Å². The summed E-state index contributed by atoms with van der Waals surface area (Å²) in [6.45, 7) is 3.33. The standard InChI is InChI=1S/C17H25NO5/c1-4-18(12-11-17(20)22-3)16(19)6-5-13-23-15-9-7-14(21-2)8-10-15/h7-10H,4-6,11-13H2,1-3H3. The predicted octanol–water partition coefficient (Wildman–Crippen LogP) is 2.27. The number of esters is 1. The van der Waals surface area contributed by atoms with Crippen LogP contribution in [0.4, 0.5) is 0 Å². The zero-order chi connectivity index (χ0) is 17.1. The number of rotatable bonds is 10. The third-order valence-corrected chi connectivity index (χ3v) is 3.41. The molecule has 6 heteroatoms. The van der Waals surface area contributed by atoms with Gasteiger partial charge in [-0.05, 0) is 37.6 Å². The van der Waals surface area contributed by atoms with E-state index >= 15 is 0 Å². The summed E-state index contributed by atoms with van der Waals surface area (Å²) in [6, 6.07) is 7.31. The summed E-state index contributed by atoms with van der Waals surface area (Å²) >= 11 is 0. The van der Waals surface area contributed by atoms with Gasteiger partial charge in [-0.15, -0.1) is 0 Å². The van der Waals surface area contributed by atoms with Crippen LogP contribution < -0.4 is 9.47 Å². The molecule has 0 saturated heterocycles. The van der Waals surface area contributed by atoms with Gasteiger partial charge in [0.05, 0.1) is 27.2 Å². The molecule has 0 spiro atoms. The fourth-order valence-electron chi connectivity index (χ4n) is 2.03. The van der Waals surface area contributed by atoms with E-state index in [9.17, 15) is 9.59 Å². The van der Waals surface area contributed by atoms with Crippen molar-refractivity contribution in [3.8, 4) is 11.5 Å². The maximum atomic E-state index is 12.1. The molecule has 0 unspecified atom stereocenters. The molecule has 0 aliphatic heterocycles. The Bertz CT molecular complexity index is 486. The molecule has 1 amide bonds. The number of amides is 1. The highest BCUT2D eigenvalue weighted by atomic mass is 16.5. The Balaban J connectivity index is 2.26. The summed E-state index contributed by atoms with van der Waals surface area (Å²) in [6.07, 6.45) is 1.24. The van der Waals surface area contributed by atoms with Crippen LogP contribution in [0.3, 0.4) is 0 Å². The van der Waals surface area contributed by atoms with Gasteiger partial charge in [-0.1, -0.05) is 0 Å². The average Bonchev–Trinajstić information content (AvgIpc) is 2.59. The van der Waals surface area contributed by atoms with E-state index in [4.69, 9.17) is 9.47 Å². The highest BCUT2D eigenvalue weighted by molar-refractivity contribution is 5.77. The Morgan fingerprint density at radius 2 is 1.70 bits per heavy atom. The fourth-order valence-corrected chi connectivity index (χ4v) is 2.03. The van der Waals surface area contributed by atoms with Crippen molar-refractivity contribution in [2.75, 3.05) is 33.9 Å². The first-order valence-electron chi connectivity index (χ1n) is 7.72. The van der Waals surface area contributed by atoms with Crippen LogP contribution in [0.2, 0.25) is 0 Å². The lowest BCUT2D eigenvalue weighted by Crippen LogP contribution is -2.33. The molecule has 0 bridgehead atoms. The maximum absolute atomic E-state index is 12.1. The third-order valence-electron chi connectivity index (χ3n) is 3.41. The fraction of sp³-hybridized carbons (Fsp3) is 0.529. The van der Waals surface area contributed by atoms with Crippen molar-refractivity contribution in [2.24, 2.45) is 0 Å². The van der Waals surface area contributed by atoms with Crippen molar-refractivity contribution in [2.45, 2.75) is 26.2 Å². The van der Waals surface area contributed by atoms with Gasteiger partial charge in [0, 0.05) is 19.5 Å². The van der Waals surface area contributed by atoms with Crippen LogP contribution in [-0.4, -0.2) is 50.7 Å². The SMILES string of the molecule is CCN(CCC(=O)OC)C(=O)CCCOc1ccc(OC)cc1. The number of hydrogen-bond donors (Lipinski definition) is 0. The van der Waals surface area contributed by atoms with Crippen molar-refractivity contribution in [3.05, 3.63) is 24.3 Å². The molecular weight excluding hydrogens is 298 g/mol. The number of nitrogens with zero attached hydrogens (tertiary/aromatic N) is 1. The second-order valence-electron chi connectivity index (χ2n) is 4.93. The molecule has 1 aromatic rings. The average molecular weight is 323 g/mol. The van der Waals surface area contributed by atoms with E-state index in [1.54, 1.807) is 12.0 Å². The molecule has 23 heavy (non-hydrogen) atoms. The van der Waals surface area contributed by atoms with Crippen molar-refractivity contribution in [1.29, 1.82) is 0 Å². The minimum atomic E-state index is -0.306. The van der Waals surface area contributed by atoms with Crippen molar-refractivity contribution in [3.63, 3.8) is 0 Å². The predicted molar refractivity (Wildman–Crippen MR) is 86.6 cm³/mol. The van der Waals surface area contributed by atoms with Crippen LogP contribution in [0.1, 0.15) is 26.2 Å². The summed E-state index contributed by atoms with van der Waals surface area (Å²) in [4.78, 5) is 24.9. The van der Waals surface area contributed by atoms with Crippen LogP contribution in [0, 0.1) is 0 Å². The number of benzene rings is 1. The van der Waals surface area contributed by atoms with Gasteiger partial charge in [-0.3, -0.25) is 9.59 Å². The Hall–Kier alpha value is -2.24. The summed E-state index contributed by atoms with van der Waals surface area (Å²) in [5.41, 5.74) is 0. The highest BCUT2D eigenvalue weighted by Crippen LogP contribution is 2.17. The lowest BCUT2D eigenvalue weighted by molar-refractivity contribution is -0.141. The van der Waals surface area contributed by atoms with E-state index in [-0.39, 0.29) is 18.3 Å². The lowest BCUT2D eigenvalue weighted by atomic mass is 10.2. The van der Waals surface area contributed by atoms with Gasteiger partial charge < -0.3 is 19.1 Å². The van der Waals surface area contributed by atoms with Crippen LogP contribution in [0.5, 0.6) is 11.5 Å². The minimum absolute atomic E-state index is 0.0229. The Labute approximate surface area is 137 Å². The lowest BCUT2D eigenvalue weighted by Gasteiger charge is -2.20. The first kappa shape index (κ1) is 18.8. The molecule has 0 heterocycles. The summed E-state index contributed by atoms with van der Waals surface area (Å²) in [5.74, 6) is 1.24. The molecule has 6 nitrogen and oxygen atoms in total. The van der Waals surface area contributed by atoms with E-state index in [2.05, 4.69) is 4.74 Å². The van der Waals surface area contributed by atoms with Gasteiger partial charge in [-0.25, -0.2) is 0 Å². The molecule has 1 aromatic carbocycles. The van der Waals surface area contributed by atoms with Crippen LogP contribution in [0.15, 0.2) is 24.3 Å². The summed E-state index contributed by atoms with van der Waals surface area (Å²) < 4.78 is 15.2. The molecule has 0 aliphatic rings. The van der Waals surface area contributed by atoms with Gasteiger partial charge >= 0.3 is 5.97 Å². The van der Waals surface area contributed by atoms with E-state index in [1.807, 2.05) is 31.2 Å². The number of hydrogen-bond acceptors (Lipinski definition) is 5. The number of methoxy groups -OCH3 is 2. The van der Waals surface area contributed by atoms with E-state index in [0.717, 1.165) is 11.5 Å². The molecular formula is C17H25NO5. The second-order valence-corrected chi connectivity index (χ2v) is 4.93. The monoisotopic (exact) mass is 323 g/mol. The molecule has 128 valence electrons. The quantitative estimate of drug-likeness (QED) is 0.488. The maximum Gasteiger partial charge on any atom is 0.307 e. The molecule has 1 rings (SSSR count). The molecule has 0 fully saturated rings. The van der Waals surface area contributed by atoms with Crippen LogP contribution >= 0.6 is 0 Å². The smallest absolute Gasteiger partial charge is 0.307 e.